The molecule has 3 atom stereocenters. The van der Waals surface area contributed by atoms with E-state index in [4.69, 9.17) is 0 Å². The summed E-state index contributed by atoms with van der Waals surface area (Å²) in [5.74, 6) is 0.149. The van der Waals surface area contributed by atoms with Gasteiger partial charge in [0, 0.05) is 31.7 Å². The highest BCUT2D eigenvalue weighted by Gasteiger charge is 2.33. The van der Waals surface area contributed by atoms with Crippen LogP contribution in [-0.2, 0) is 32.5 Å². The molecule has 0 saturated carbocycles. The zero-order chi connectivity index (χ0) is 24.5. The summed E-state index contributed by atoms with van der Waals surface area (Å²) >= 11 is 0. The third-order valence-electron chi connectivity index (χ3n) is 6.76. The number of nitrogens with zero attached hydrogens (tertiary/aromatic N) is 2. The molecule has 0 aromatic heterocycles. The van der Waals surface area contributed by atoms with Crippen LogP contribution in [-0.4, -0.2) is 50.3 Å². The Balaban J connectivity index is 1.60. The number of likely N-dealkylation sites (tertiary alicyclic amines) is 1. The van der Waals surface area contributed by atoms with Gasteiger partial charge in [0.1, 0.15) is 6.04 Å². The van der Waals surface area contributed by atoms with Gasteiger partial charge in [0.2, 0.25) is 21.8 Å². The zero-order valence-electron chi connectivity index (χ0n) is 20.0. The maximum atomic E-state index is 13.5. The molecule has 8 heteroatoms. The highest BCUT2D eigenvalue weighted by atomic mass is 32.2. The van der Waals surface area contributed by atoms with E-state index in [1.165, 1.54) is 13.0 Å². The monoisotopic (exact) mass is 483 g/mol. The molecule has 0 radical (unpaired) electrons. The van der Waals surface area contributed by atoms with Gasteiger partial charge in [-0.1, -0.05) is 37.3 Å². The predicted octanol–water partition coefficient (Wildman–Crippen LogP) is 3.13. The lowest BCUT2D eigenvalue weighted by molar-refractivity contribution is -0.134. The third kappa shape index (κ3) is 5.18. The largest absolute Gasteiger partial charge is 0.341 e. The van der Waals surface area contributed by atoms with Crippen molar-refractivity contribution in [1.29, 1.82) is 0 Å². The van der Waals surface area contributed by atoms with Crippen molar-refractivity contribution in [3.63, 3.8) is 0 Å². The zero-order valence-corrected chi connectivity index (χ0v) is 20.8. The summed E-state index contributed by atoms with van der Waals surface area (Å²) in [5, 5.41) is 0. The Morgan fingerprint density at radius 1 is 1.12 bits per heavy atom. The van der Waals surface area contributed by atoms with E-state index in [1.807, 2.05) is 37.3 Å². The summed E-state index contributed by atoms with van der Waals surface area (Å²) in [6.45, 7) is 6.87. The Kier molecular flexibility index (Phi) is 7.09. The van der Waals surface area contributed by atoms with Crippen molar-refractivity contribution in [2.75, 3.05) is 18.0 Å². The Labute approximate surface area is 202 Å². The van der Waals surface area contributed by atoms with Crippen LogP contribution < -0.4 is 9.62 Å². The van der Waals surface area contributed by atoms with Crippen molar-refractivity contribution in [1.82, 2.24) is 9.62 Å². The summed E-state index contributed by atoms with van der Waals surface area (Å²) < 4.78 is 29.5. The van der Waals surface area contributed by atoms with E-state index < -0.39 is 16.1 Å². The van der Waals surface area contributed by atoms with Crippen molar-refractivity contribution in [3.05, 3.63) is 59.7 Å². The smallest absolute Gasteiger partial charge is 0.241 e. The Morgan fingerprint density at radius 3 is 2.53 bits per heavy atom. The lowest BCUT2D eigenvalue weighted by atomic mass is 9.98. The minimum atomic E-state index is -3.95. The second kappa shape index (κ2) is 9.88. The lowest BCUT2D eigenvalue weighted by Gasteiger charge is -2.33. The van der Waals surface area contributed by atoms with E-state index in [1.54, 1.807) is 21.9 Å². The molecule has 1 saturated heterocycles. The fraction of sp³-hybridized carbons (Fsp3) is 0.462. The molecule has 7 nitrogen and oxygen atoms in total. The summed E-state index contributed by atoms with van der Waals surface area (Å²) in [4.78, 5) is 29.1. The number of carbonyl (C=O) groups is 2. The number of nitrogens with one attached hydrogen (secondary N) is 1. The maximum Gasteiger partial charge on any atom is 0.241 e. The van der Waals surface area contributed by atoms with E-state index in [2.05, 4.69) is 11.6 Å². The molecule has 2 aliphatic rings. The number of sulfonamides is 1. The molecule has 2 aromatic rings. The van der Waals surface area contributed by atoms with Crippen LogP contribution in [0.4, 0.5) is 5.69 Å². The molecule has 1 fully saturated rings. The normalized spacial score (nSPS) is 21.3. The number of anilines is 1. The number of rotatable bonds is 6. The van der Waals surface area contributed by atoms with Gasteiger partial charge in [-0.05, 0) is 67.9 Å². The van der Waals surface area contributed by atoms with Gasteiger partial charge < -0.3 is 9.80 Å². The van der Waals surface area contributed by atoms with Crippen LogP contribution >= 0.6 is 0 Å². The van der Waals surface area contributed by atoms with Crippen molar-refractivity contribution in [2.24, 2.45) is 5.92 Å². The van der Waals surface area contributed by atoms with Gasteiger partial charge in [-0.25, -0.2) is 8.42 Å². The quantitative estimate of drug-likeness (QED) is 0.684. The Bertz CT molecular complexity index is 1170. The summed E-state index contributed by atoms with van der Waals surface area (Å²) in [6.07, 6.45) is 2.87. The number of benzene rings is 2. The molecule has 2 amide bonds. The first-order valence-electron chi connectivity index (χ1n) is 11.9. The molecule has 182 valence electrons. The number of fused-ring (bicyclic) bond motifs is 1. The fourth-order valence-electron chi connectivity index (χ4n) is 5.15. The van der Waals surface area contributed by atoms with Gasteiger partial charge in [-0.2, -0.15) is 4.72 Å². The van der Waals surface area contributed by atoms with Gasteiger partial charge in [-0.15, -0.1) is 0 Å². The molecule has 0 bridgehead atoms. The second-order valence-electron chi connectivity index (χ2n) is 9.63. The molecular formula is C26H33N3O4S. The van der Waals surface area contributed by atoms with Crippen LogP contribution in [0, 0.1) is 5.92 Å². The first-order chi connectivity index (χ1) is 16.2. The minimum absolute atomic E-state index is 0.0214. The van der Waals surface area contributed by atoms with E-state index in [0.717, 1.165) is 29.7 Å². The van der Waals surface area contributed by atoms with Gasteiger partial charge >= 0.3 is 0 Å². The van der Waals surface area contributed by atoms with Crippen molar-refractivity contribution < 1.29 is 18.0 Å². The van der Waals surface area contributed by atoms with Crippen LogP contribution in [0.5, 0.6) is 0 Å². The Hall–Kier alpha value is -2.71. The number of piperidine rings is 1. The van der Waals surface area contributed by atoms with Crippen molar-refractivity contribution in [2.45, 2.75) is 63.4 Å². The molecule has 34 heavy (non-hydrogen) atoms. The Morgan fingerprint density at radius 2 is 1.85 bits per heavy atom. The first kappa shape index (κ1) is 24.4. The lowest BCUT2D eigenvalue weighted by Crippen LogP contribution is -2.52. The molecule has 4 rings (SSSR count). The van der Waals surface area contributed by atoms with Crippen molar-refractivity contribution >= 4 is 27.5 Å². The van der Waals surface area contributed by atoms with Crippen LogP contribution in [0.2, 0.25) is 0 Å². The molecule has 2 aromatic carbocycles. The van der Waals surface area contributed by atoms with Gasteiger partial charge in [0.05, 0.1) is 4.90 Å². The third-order valence-corrected chi connectivity index (χ3v) is 8.23. The molecule has 2 heterocycles. The molecule has 0 aliphatic carbocycles. The summed E-state index contributed by atoms with van der Waals surface area (Å²) in [6, 6.07) is 13.4. The molecule has 0 unspecified atom stereocenters. The van der Waals surface area contributed by atoms with Crippen LogP contribution in [0.3, 0.4) is 0 Å². The van der Waals surface area contributed by atoms with Crippen LogP contribution in [0.25, 0.3) is 0 Å². The topological polar surface area (TPSA) is 86.8 Å². The first-order valence-corrected chi connectivity index (χ1v) is 13.4. The molecular weight excluding hydrogens is 450 g/mol. The molecule has 0 spiro atoms. The number of amides is 2. The maximum absolute atomic E-state index is 13.5. The standard InChI is InChI=1S/C26H33N3O4S/c1-18-8-7-13-28(17-18)26(31)24(15-21-9-5-4-6-10-21)27-34(32,33)23-11-12-25-22(16-23)14-19(2)29(25)20(3)30/h4-6,9-12,16,18-19,24,27H,7-8,13-15,17H2,1-3H3/t18-,19-,24+/m0/s1. The second-order valence-corrected chi connectivity index (χ2v) is 11.3. The van der Waals surface area contributed by atoms with E-state index >= 15 is 0 Å². The fourth-order valence-corrected chi connectivity index (χ4v) is 6.39. The van der Waals surface area contributed by atoms with E-state index in [0.29, 0.717) is 25.4 Å². The number of hydrogen-bond acceptors (Lipinski definition) is 4. The van der Waals surface area contributed by atoms with E-state index in [9.17, 15) is 18.0 Å². The average Bonchev–Trinajstić information content (AvgIpc) is 3.14. The average molecular weight is 484 g/mol. The number of hydrogen-bond donors (Lipinski definition) is 1. The summed E-state index contributed by atoms with van der Waals surface area (Å²) in [7, 11) is -3.95. The highest BCUT2D eigenvalue weighted by Crippen LogP contribution is 2.34. The highest BCUT2D eigenvalue weighted by molar-refractivity contribution is 7.89. The van der Waals surface area contributed by atoms with Gasteiger partial charge in [0.15, 0.2) is 0 Å². The predicted molar refractivity (Wildman–Crippen MR) is 132 cm³/mol. The van der Waals surface area contributed by atoms with Crippen LogP contribution in [0.15, 0.2) is 53.4 Å². The van der Waals surface area contributed by atoms with Gasteiger partial charge in [-0.3, -0.25) is 9.59 Å². The van der Waals surface area contributed by atoms with Crippen molar-refractivity contribution in [3.8, 4) is 0 Å². The molecule has 2 aliphatic heterocycles. The van der Waals surface area contributed by atoms with E-state index in [-0.39, 0.29) is 29.2 Å². The molecule has 1 N–H and O–H groups in total. The minimum Gasteiger partial charge on any atom is -0.341 e. The number of carbonyl (C=O) groups excluding carboxylic acids is 2. The SMILES string of the molecule is CC(=O)N1c2ccc(S(=O)(=O)N[C@H](Cc3ccccc3)C(=O)N3CCC[C@H](C)C3)cc2C[C@@H]1C. The van der Waals surface area contributed by atoms with Crippen LogP contribution in [0.1, 0.15) is 44.7 Å². The summed E-state index contributed by atoms with van der Waals surface area (Å²) in [5.41, 5.74) is 2.47. The van der Waals surface area contributed by atoms with Gasteiger partial charge in [0.25, 0.3) is 0 Å².